The zero-order valence-corrected chi connectivity index (χ0v) is 10.0. The maximum absolute atomic E-state index is 6.00. The third-order valence-electron chi connectivity index (χ3n) is 2.40. The number of nitrogens with zero attached hydrogens (tertiary/aromatic N) is 4. The number of benzene rings is 1. The number of halogens is 2. The molecule has 0 unspecified atom stereocenters. The molecule has 0 aliphatic heterocycles. The molecule has 0 aliphatic carbocycles. The lowest BCUT2D eigenvalue weighted by molar-refractivity contribution is 0.948. The molecule has 1 aromatic carbocycles. The molecule has 17 heavy (non-hydrogen) atoms. The molecule has 2 heterocycles. The quantitative estimate of drug-likeness (QED) is 0.679. The van der Waals surface area contributed by atoms with E-state index in [1.807, 2.05) is 12.1 Å². The fourth-order valence-corrected chi connectivity index (χ4v) is 1.91. The fraction of sp³-hybridized carbons (Fsp3) is 0. The average Bonchev–Trinajstić information content (AvgIpc) is 2.80. The second-order valence-electron chi connectivity index (χ2n) is 3.43. The smallest absolute Gasteiger partial charge is 0.220 e. The Morgan fingerprint density at radius 1 is 1.00 bits per heavy atom. The minimum atomic E-state index is 0.509. The Morgan fingerprint density at radius 3 is 2.71 bits per heavy atom. The largest absolute Gasteiger partial charge is 0.252 e. The van der Waals surface area contributed by atoms with Crippen LogP contribution in [0.15, 0.2) is 36.8 Å². The molecule has 0 amide bonds. The second kappa shape index (κ2) is 3.98. The van der Waals surface area contributed by atoms with Crippen LogP contribution in [-0.4, -0.2) is 19.6 Å². The van der Waals surface area contributed by atoms with Gasteiger partial charge in [-0.25, -0.2) is 4.98 Å². The van der Waals surface area contributed by atoms with Gasteiger partial charge < -0.3 is 0 Å². The molecule has 0 atom stereocenters. The Hall–Kier alpha value is -1.65. The van der Waals surface area contributed by atoms with E-state index in [2.05, 4.69) is 15.1 Å². The van der Waals surface area contributed by atoms with E-state index in [0.717, 1.165) is 11.3 Å². The molecule has 0 fully saturated rings. The summed E-state index contributed by atoms with van der Waals surface area (Å²) < 4.78 is 1.65. The number of hydrogen-bond acceptors (Lipinski definition) is 3. The lowest BCUT2D eigenvalue weighted by Gasteiger charge is -2.04. The van der Waals surface area contributed by atoms with E-state index in [4.69, 9.17) is 23.2 Å². The van der Waals surface area contributed by atoms with Gasteiger partial charge in [-0.2, -0.15) is 14.6 Å². The maximum atomic E-state index is 6.00. The molecule has 2 aromatic heterocycles. The normalized spacial score (nSPS) is 10.9. The third-order valence-corrected chi connectivity index (χ3v) is 3.13. The zero-order chi connectivity index (χ0) is 11.8. The van der Waals surface area contributed by atoms with Gasteiger partial charge in [-0.3, -0.25) is 0 Å². The molecule has 3 rings (SSSR count). The van der Waals surface area contributed by atoms with Crippen molar-refractivity contribution in [1.29, 1.82) is 0 Å². The molecule has 84 valence electrons. The van der Waals surface area contributed by atoms with E-state index in [1.165, 1.54) is 6.33 Å². The predicted molar refractivity (Wildman–Crippen MR) is 66.2 cm³/mol. The summed E-state index contributed by atoms with van der Waals surface area (Å²) in [5.41, 5.74) is 1.78. The Balaban J connectivity index is 2.26. The van der Waals surface area contributed by atoms with Crippen LogP contribution in [0.25, 0.3) is 17.0 Å². The van der Waals surface area contributed by atoms with Gasteiger partial charge in [0.1, 0.15) is 6.33 Å². The van der Waals surface area contributed by atoms with Crippen molar-refractivity contribution in [3.63, 3.8) is 0 Å². The molecule has 3 aromatic rings. The van der Waals surface area contributed by atoms with Crippen molar-refractivity contribution in [2.45, 2.75) is 0 Å². The van der Waals surface area contributed by atoms with E-state index in [-0.39, 0.29) is 0 Å². The molecule has 0 saturated heterocycles. The number of fused-ring (bicyclic) bond motifs is 1. The zero-order valence-electron chi connectivity index (χ0n) is 8.51. The van der Waals surface area contributed by atoms with Crippen LogP contribution in [0, 0.1) is 0 Å². The highest BCUT2D eigenvalue weighted by Gasteiger charge is 2.07. The molecular weight excluding hydrogens is 259 g/mol. The summed E-state index contributed by atoms with van der Waals surface area (Å²) in [4.78, 5) is 8.12. The van der Waals surface area contributed by atoms with E-state index >= 15 is 0 Å². The molecule has 0 N–H and O–H groups in total. The topological polar surface area (TPSA) is 43.1 Å². The molecule has 6 heteroatoms. The van der Waals surface area contributed by atoms with E-state index < -0.39 is 0 Å². The van der Waals surface area contributed by atoms with Gasteiger partial charge in [0.05, 0.1) is 15.7 Å². The van der Waals surface area contributed by atoms with E-state index in [1.54, 1.807) is 22.8 Å². The van der Waals surface area contributed by atoms with Gasteiger partial charge in [-0.15, -0.1) is 0 Å². The summed E-state index contributed by atoms with van der Waals surface area (Å²) in [7, 11) is 0. The van der Waals surface area contributed by atoms with E-state index in [9.17, 15) is 0 Å². The molecule has 0 aliphatic rings. The Morgan fingerprint density at radius 2 is 1.88 bits per heavy atom. The van der Waals surface area contributed by atoms with Crippen molar-refractivity contribution < 1.29 is 0 Å². The lowest BCUT2D eigenvalue weighted by atomic mass is 10.1. The first-order valence-electron chi connectivity index (χ1n) is 4.86. The first kappa shape index (κ1) is 10.5. The SMILES string of the molecule is Clc1ccc(-c2ccnc3ncnn23)cc1Cl. The molecule has 0 spiro atoms. The lowest BCUT2D eigenvalue weighted by Crippen LogP contribution is -1.95. The van der Waals surface area contributed by atoms with Gasteiger partial charge in [0.15, 0.2) is 0 Å². The molecule has 0 saturated carbocycles. The number of hydrogen-bond donors (Lipinski definition) is 0. The highest BCUT2D eigenvalue weighted by Crippen LogP contribution is 2.28. The van der Waals surface area contributed by atoms with Gasteiger partial charge in [0, 0.05) is 11.8 Å². The highest BCUT2D eigenvalue weighted by molar-refractivity contribution is 6.42. The summed E-state index contributed by atoms with van der Waals surface area (Å²) in [6, 6.07) is 7.27. The number of aromatic nitrogens is 4. The summed E-state index contributed by atoms with van der Waals surface area (Å²) in [5.74, 6) is 0.550. The van der Waals surface area contributed by atoms with Gasteiger partial charge in [-0.05, 0) is 18.2 Å². The van der Waals surface area contributed by atoms with Crippen molar-refractivity contribution in [2.75, 3.05) is 0 Å². The average molecular weight is 265 g/mol. The highest BCUT2D eigenvalue weighted by atomic mass is 35.5. The van der Waals surface area contributed by atoms with Crippen LogP contribution in [0.4, 0.5) is 0 Å². The van der Waals surface area contributed by atoms with Crippen molar-refractivity contribution in [1.82, 2.24) is 19.6 Å². The Labute approximate surface area is 107 Å². The van der Waals surface area contributed by atoms with Crippen molar-refractivity contribution in [3.05, 3.63) is 46.8 Å². The Bertz CT molecular complexity index is 693. The first-order chi connectivity index (χ1) is 8.25. The minimum Gasteiger partial charge on any atom is -0.220 e. The first-order valence-corrected chi connectivity index (χ1v) is 5.61. The molecule has 4 nitrogen and oxygen atoms in total. The van der Waals surface area contributed by atoms with Crippen LogP contribution in [0.1, 0.15) is 0 Å². The van der Waals surface area contributed by atoms with Gasteiger partial charge in [0.25, 0.3) is 5.78 Å². The summed E-state index contributed by atoms with van der Waals surface area (Å²) >= 11 is 11.9. The number of rotatable bonds is 1. The van der Waals surface area contributed by atoms with Gasteiger partial charge >= 0.3 is 0 Å². The van der Waals surface area contributed by atoms with Crippen molar-refractivity contribution >= 4 is 29.0 Å². The van der Waals surface area contributed by atoms with Gasteiger partial charge in [-0.1, -0.05) is 29.3 Å². The third kappa shape index (κ3) is 1.75. The van der Waals surface area contributed by atoms with Gasteiger partial charge in [0.2, 0.25) is 0 Å². The predicted octanol–water partition coefficient (Wildman–Crippen LogP) is 3.10. The second-order valence-corrected chi connectivity index (χ2v) is 4.25. The standard InChI is InChI=1S/C11H6Cl2N4/c12-8-2-1-7(5-9(8)13)10-3-4-14-11-15-6-16-17(10)11/h1-6H. The van der Waals surface area contributed by atoms with Crippen molar-refractivity contribution in [2.24, 2.45) is 0 Å². The summed E-state index contributed by atoms with van der Waals surface area (Å²) in [6.07, 6.45) is 3.14. The van der Waals surface area contributed by atoms with Crippen LogP contribution < -0.4 is 0 Å². The maximum Gasteiger partial charge on any atom is 0.252 e. The molecule has 0 bridgehead atoms. The minimum absolute atomic E-state index is 0.509. The van der Waals surface area contributed by atoms with Crippen molar-refractivity contribution in [3.8, 4) is 11.3 Å². The molecular formula is C11H6Cl2N4. The monoisotopic (exact) mass is 264 g/mol. The van der Waals surface area contributed by atoms with Crippen LogP contribution in [0.5, 0.6) is 0 Å². The van der Waals surface area contributed by atoms with Crippen LogP contribution in [0.2, 0.25) is 10.0 Å². The van der Waals surface area contributed by atoms with Crippen LogP contribution in [0.3, 0.4) is 0 Å². The summed E-state index contributed by atoms with van der Waals surface area (Å²) in [5, 5.41) is 5.15. The van der Waals surface area contributed by atoms with Crippen LogP contribution >= 0.6 is 23.2 Å². The van der Waals surface area contributed by atoms with E-state index in [0.29, 0.717) is 15.8 Å². The Kier molecular flexibility index (Phi) is 2.46. The fourth-order valence-electron chi connectivity index (χ4n) is 1.61. The molecule has 0 radical (unpaired) electrons. The van der Waals surface area contributed by atoms with Crippen LogP contribution in [-0.2, 0) is 0 Å². The summed E-state index contributed by atoms with van der Waals surface area (Å²) in [6.45, 7) is 0.